The number of aldehydes is 1. The van der Waals surface area contributed by atoms with Gasteiger partial charge in [0, 0.05) is 43.5 Å². The Morgan fingerprint density at radius 3 is 2.23 bits per heavy atom. The van der Waals surface area contributed by atoms with Gasteiger partial charge in [-0.3, -0.25) is 9.69 Å². The van der Waals surface area contributed by atoms with E-state index < -0.39 is 0 Å². The Hall–Kier alpha value is -2.33. The van der Waals surface area contributed by atoms with E-state index in [0.29, 0.717) is 6.04 Å². The number of hydrogen-bond acceptors (Lipinski definition) is 4. The molecule has 1 unspecified atom stereocenters. The normalized spacial score (nSPS) is 16.4. The van der Waals surface area contributed by atoms with Gasteiger partial charge in [0.25, 0.3) is 0 Å². The SMILES string of the molecule is COc1ccc(C(C)N2CCN(c3cc(C)c(C=O)cc3C)CC2)cc1. The van der Waals surface area contributed by atoms with Crippen LogP contribution in [0.1, 0.15) is 40.0 Å². The second kappa shape index (κ2) is 7.92. The number of benzene rings is 2. The second-order valence-corrected chi connectivity index (χ2v) is 7.09. The first-order chi connectivity index (χ1) is 12.5. The molecule has 0 bridgehead atoms. The van der Waals surface area contributed by atoms with E-state index in [-0.39, 0.29) is 0 Å². The maximum Gasteiger partial charge on any atom is 0.150 e. The maximum absolute atomic E-state index is 11.1. The molecule has 0 N–H and O–H groups in total. The van der Waals surface area contributed by atoms with Crippen molar-refractivity contribution in [3.63, 3.8) is 0 Å². The van der Waals surface area contributed by atoms with Gasteiger partial charge >= 0.3 is 0 Å². The fourth-order valence-electron chi connectivity index (χ4n) is 3.73. The monoisotopic (exact) mass is 352 g/mol. The summed E-state index contributed by atoms with van der Waals surface area (Å²) in [5.41, 5.74) is 5.59. The molecule has 2 aromatic rings. The highest BCUT2D eigenvalue weighted by atomic mass is 16.5. The third-order valence-electron chi connectivity index (χ3n) is 5.51. The standard InChI is InChI=1S/C22H28N2O2/c1-16-14-22(17(2)13-20(16)15-25)24-11-9-23(10-12-24)18(3)19-5-7-21(26-4)8-6-19/h5-8,13-15,18H,9-12H2,1-4H3. The van der Waals surface area contributed by atoms with Crippen molar-refractivity contribution in [2.45, 2.75) is 26.8 Å². The fourth-order valence-corrected chi connectivity index (χ4v) is 3.73. The Morgan fingerprint density at radius 2 is 1.65 bits per heavy atom. The smallest absolute Gasteiger partial charge is 0.150 e. The molecule has 4 heteroatoms. The zero-order valence-corrected chi connectivity index (χ0v) is 16.2. The highest BCUT2D eigenvalue weighted by Gasteiger charge is 2.23. The third kappa shape index (κ3) is 3.75. The first-order valence-electron chi connectivity index (χ1n) is 9.23. The van der Waals surface area contributed by atoms with Crippen LogP contribution in [-0.4, -0.2) is 44.5 Å². The highest BCUT2D eigenvalue weighted by molar-refractivity contribution is 5.79. The molecule has 0 radical (unpaired) electrons. The van der Waals surface area contributed by atoms with Crippen LogP contribution in [0.3, 0.4) is 0 Å². The Bertz CT molecular complexity index is 762. The summed E-state index contributed by atoms with van der Waals surface area (Å²) in [5.74, 6) is 0.899. The summed E-state index contributed by atoms with van der Waals surface area (Å²) in [6.45, 7) is 10.4. The Kier molecular flexibility index (Phi) is 5.62. The van der Waals surface area contributed by atoms with Crippen molar-refractivity contribution >= 4 is 12.0 Å². The third-order valence-corrected chi connectivity index (χ3v) is 5.51. The van der Waals surface area contributed by atoms with Crippen LogP contribution in [0.2, 0.25) is 0 Å². The predicted octanol–water partition coefficient (Wildman–Crippen LogP) is 4.01. The molecule has 0 aliphatic carbocycles. The number of aryl methyl sites for hydroxylation is 2. The topological polar surface area (TPSA) is 32.8 Å². The maximum atomic E-state index is 11.1. The summed E-state index contributed by atoms with van der Waals surface area (Å²) in [7, 11) is 1.70. The zero-order chi connectivity index (χ0) is 18.7. The average Bonchev–Trinajstić information content (AvgIpc) is 2.69. The quantitative estimate of drug-likeness (QED) is 0.761. The molecule has 1 saturated heterocycles. The first-order valence-corrected chi connectivity index (χ1v) is 9.23. The Labute approximate surface area is 156 Å². The summed E-state index contributed by atoms with van der Waals surface area (Å²) in [6, 6.07) is 12.9. The number of methoxy groups -OCH3 is 1. The molecular weight excluding hydrogens is 324 g/mol. The van der Waals surface area contributed by atoms with Crippen LogP contribution in [0.15, 0.2) is 36.4 Å². The Balaban J connectivity index is 1.67. The van der Waals surface area contributed by atoms with E-state index in [4.69, 9.17) is 4.74 Å². The molecule has 3 rings (SSSR count). The van der Waals surface area contributed by atoms with Crippen molar-refractivity contribution < 1.29 is 9.53 Å². The molecule has 0 saturated carbocycles. The van der Waals surface area contributed by atoms with Crippen LogP contribution >= 0.6 is 0 Å². The van der Waals surface area contributed by atoms with Gasteiger partial charge in [-0.1, -0.05) is 12.1 Å². The number of nitrogens with zero attached hydrogens (tertiary/aromatic N) is 2. The van der Waals surface area contributed by atoms with E-state index in [0.717, 1.165) is 49.3 Å². The van der Waals surface area contributed by atoms with Crippen molar-refractivity contribution in [2.24, 2.45) is 0 Å². The lowest BCUT2D eigenvalue weighted by Crippen LogP contribution is -2.47. The number of anilines is 1. The molecule has 0 amide bonds. The van der Waals surface area contributed by atoms with Gasteiger partial charge in [0.05, 0.1) is 7.11 Å². The molecular formula is C22H28N2O2. The van der Waals surface area contributed by atoms with Gasteiger partial charge in [0.15, 0.2) is 0 Å². The first kappa shape index (κ1) is 18.5. The van der Waals surface area contributed by atoms with Gasteiger partial charge in [-0.25, -0.2) is 0 Å². The number of rotatable bonds is 5. The van der Waals surface area contributed by atoms with E-state index in [9.17, 15) is 4.79 Å². The molecule has 1 aliphatic heterocycles. The van der Waals surface area contributed by atoms with Gasteiger partial charge in [0.2, 0.25) is 0 Å². The van der Waals surface area contributed by atoms with Crippen molar-refractivity contribution in [3.05, 3.63) is 58.7 Å². The molecule has 2 aromatic carbocycles. The molecule has 1 fully saturated rings. The minimum absolute atomic E-state index is 0.392. The molecule has 0 aromatic heterocycles. The predicted molar refractivity (Wildman–Crippen MR) is 106 cm³/mol. The average molecular weight is 352 g/mol. The van der Waals surface area contributed by atoms with Gasteiger partial charge in [0.1, 0.15) is 12.0 Å². The van der Waals surface area contributed by atoms with Crippen molar-refractivity contribution in [2.75, 3.05) is 38.2 Å². The molecule has 26 heavy (non-hydrogen) atoms. The summed E-state index contributed by atoms with van der Waals surface area (Å²) >= 11 is 0. The van der Waals surface area contributed by atoms with E-state index in [1.807, 2.05) is 25.1 Å². The van der Waals surface area contributed by atoms with Crippen molar-refractivity contribution in [1.82, 2.24) is 4.90 Å². The minimum atomic E-state index is 0.392. The van der Waals surface area contributed by atoms with Gasteiger partial charge in [-0.05, 0) is 61.7 Å². The number of hydrogen-bond donors (Lipinski definition) is 0. The van der Waals surface area contributed by atoms with E-state index in [1.54, 1.807) is 7.11 Å². The molecule has 138 valence electrons. The van der Waals surface area contributed by atoms with Crippen LogP contribution < -0.4 is 9.64 Å². The largest absolute Gasteiger partial charge is 0.497 e. The molecule has 1 heterocycles. The summed E-state index contributed by atoms with van der Waals surface area (Å²) in [5, 5.41) is 0. The lowest BCUT2D eigenvalue weighted by Gasteiger charge is -2.40. The van der Waals surface area contributed by atoms with Gasteiger partial charge < -0.3 is 9.64 Å². The molecule has 1 atom stereocenters. The second-order valence-electron chi connectivity index (χ2n) is 7.09. The fraction of sp³-hybridized carbons (Fsp3) is 0.409. The van der Waals surface area contributed by atoms with Crippen LogP contribution in [0.25, 0.3) is 0 Å². The van der Waals surface area contributed by atoms with Crippen molar-refractivity contribution in [3.8, 4) is 5.75 Å². The number of carbonyl (C=O) groups excluding carboxylic acids is 1. The van der Waals surface area contributed by atoms with Gasteiger partial charge in [-0.15, -0.1) is 0 Å². The lowest BCUT2D eigenvalue weighted by molar-refractivity contribution is 0.112. The van der Waals surface area contributed by atoms with Gasteiger partial charge in [-0.2, -0.15) is 0 Å². The number of carbonyl (C=O) groups is 1. The summed E-state index contributed by atoms with van der Waals surface area (Å²) < 4.78 is 5.25. The van der Waals surface area contributed by atoms with Crippen LogP contribution in [0.5, 0.6) is 5.75 Å². The zero-order valence-electron chi connectivity index (χ0n) is 16.2. The highest BCUT2D eigenvalue weighted by Crippen LogP contribution is 2.28. The van der Waals surface area contributed by atoms with E-state index in [1.165, 1.54) is 16.8 Å². The minimum Gasteiger partial charge on any atom is -0.497 e. The van der Waals surface area contributed by atoms with Crippen LogP contribution in [-0.2, 0) is 0 Å². The molecule has 0 spiro atoms. The Morgan fingerprint density at radius 1 is 1.00 bits per heavy atom. The molecule has 4 nitrogen and oxygen atoms in total. The van der Waals surface area contributed by atoms with Crippen LogP contribution in [0, 0.1) is 13.8 Å². The number of ether oxygens (including phenoxy) is 1. The lowest BCUT2D eigenvalue weighted by atomic mass is 10.0. The van der Waals surface area contributed by atoms with E-state index >= 15 is 0 Å². The van der Waals surface area contributed by atoms with Crippen molar-refractivity contribution in [1.29, 1.82) is 0 Å². The number of piperazine rings is 1. The summed E-state index contributed by atoms with van der Waals surface area (Å²) in [6.07, 6.45) is 0.945. The van der Waals surface area contributed by atoms with Crippen LogP contribution in [0.4, 0.5) is 5.69 Å². The molecule has 1 aliphatic rings. The van der Waals surface area contributed by atoms with E-state index in [2.05, 4.69) is 41.8 Å². The summed E-state index contributed by atoms with van der Waals surface area (Å²) in [4.78, 5) is 16.1.